The van der Waals surface area contributed by atoms with Crippen molar-refractivity contribution in [3.8, 4) is 0 Å². The molecule has 0 spiro atoms. The molecule has 4 heteroatoms. The van der Waals surface area contributed by atoms with Crippen molar-refractivity contribution < 1.29 is 8.78 Å². The van der Waals surface area contributed by atoms with E-state index in [2.05, 4.69) is 0 Å². The van der Waals surface area contributed by atoms with Crippen molar-refractivity contribution in [1.29, 1.82) is 0 Å². The summed E-state index contributed by atoms with van der Waals surface area (Å²) in [6.07, 6.45) is 0. The van der Waals surface area contributed by atoms with Crippen molar-refractivity contribution in [3.63, 3.8) is 0 Å². The van der Waals surface area contributed by atoms with E-state index in [-0.39, 0.29) is 0 Å². The molecule has 2 rings (SSSR count). The van der Waals surface area contributed by atoms with E-state index in [0.717, 1.165) is 17.2 Å². The normalized spacial score (nSPS) is 10.6. The van der Waals surface area contributed by atoms with Crippen molar-refractivity contribution >= 4 is 11.8 Å². The lowest BCUT2D eigenvalue weighted by atomic mass is 10.1. The molecule has 2 N–H and O–H groups in total. The summed E-state index contributed by atoms with van der Waals surface area (Å²) in [5.74, 6) is -0.458. The average Bonchev–Trinajstić information content (AvgIpc) is 2.38. The summed E-state index contributed by atoms with van der Waals surface area (Å²) in [5.41, 5.74) is 7.76. The van der Waals surface area contributed by atoms with Gasteiger partial charge in [-0.05, 0) is 23.3 Å². The second kappa shape index (κ2) is 5.98. The van der Waals surface area contributed by atoms with Crippen LogP contribution in [0, 0.1) is 11.6 Å². The lowest BCUT2D eigenvalue weighted by molar-refractivity contribution is 0.565. The molecule has 0 aliphatic carbocycles. The van der Waals surface area contributed by atoms with Gasteiger partial charge < -0.3 is 5.73 Å². The predicted octanol–water partition coefficient (Wildman–Crippen LogP) is 3.72. The summed E-state index contributed by atoms with van der Waals surface area (Å²) in [6, 6.07) is 11.4. The van der Waals surface area contributed by atoms with Crippen LogP contribution in [0.5, 0.6) is 0 Å². The van der Waals surface area contributed by atoms with Gasteiger partial charge in [-0.2, -0.15) is 0 Å². The van der Waals surface area contributed by atoms with Crippen LogP contribution in [-0.4, -0.2) is 0 Å². The minimum absolute atomic E-state index is 0.447. The molecule has 0 aliphatic heterocycles. The molecule has 94 valence electrons. The van der Waals surface area contributed by atoms with Crippen LogP contribution in [0.4, 0.5) is 8.78 Å². The van der Waals surface area contributed by atoms with Gasteiger partial charge in [0.05, 0.1) is 0 Å². The molecular weight excluding hydrogens is 252 g/mol. The van der Waals surface area contributed by atoms with Crippen LogP contribution in [0.1, 0.15) is 11.1 Å². The second-order valence-electron chi connectivity index (χ2n) is 3.84. The Morgan fingerprint density at radius 3 is 2.39 bits per heavy atom. The van der Waals surface area contributed by atoms with E-state index in [1.54, 1.807) is 0 Å². The van der Waals surface area contributed by atoms with Gasteiger partial charge in [0.2, 0.25) is 0 Å². The molecule has 2 aromatic carbocycles. The zero-order chi connectivity index (χ0) is 13.0. The smallest absolute Gasteiger partial charge is 0.139 e. The summed E-state index contributed by atoms with van der Waals surface area (Å²) in [6.45, 7) is 0.461. The molecule has 0 heterocycles. The van der Waals surface area contributed by atoms with Crippen LogP contribution < -0.4 is 5.73 Å². The van der Waals surface area contributed by atoms with Gasteiger partial charge in [-0.15, -0.1) is 11.8 Å². The number of hydrogen-bond acceptors (Lipinski definition) is 2. The highest BCUT2D eigenvalue weighted by Crippen LogP contribution is 2.27. The van der Waals surface area contributed by atoms with Crippen LogP contribution in [0.15, 0.2) is 47.4 Å². The highest BCUT2D eigenvalue weighted by Gasteiger charge is 2.06. The van der Waals surface area contributed by atoms with Gasteiger partial charge in [0, 0.05) is 23.3 Å². The molecule has 0 saturated heterocycles. The van der Waals surface area contributed by atoms with Crippen LogP contribution in [0.25, 0.3) is 0 Å². The van der Waals surface area contributed by atoms with E-state index < -0.39 is 11.6 Å². The highest BCUT2D eigenvalue weighted by molar-refractivity contribution is 7.98. The zero-order valence-electron chi connectivity index (χ0n) is 9.70. The van der Waals surface area contributed by atoms with Crippen LogP contribution in [-0.2, 0) is 12.3 Å². The number of nitrogens with two attached hydrogens (primary N) is 1. The number of benzene rings is 2. The highest BCUT2D eigenvalue weighted by atomic mass is 32.2. The fourth-order valence-corrected chi connectivity index (χ4v) is 2.60. The van der Waals surface area contributed by atoms with Gasteiger partial charge in [0.25, 0.3) is 0 Å². The van der Waals surface area contributed by atoms with Gasteiger partial charge in [-0.25, -0.2) is 8.78 Å². The fourth-order valence-electron chi connectivity index (χ4n) is 1.65. The van der Waals surface area contributed by atoms with Crippen LogP contribution >= 0.6 is 11.8 Å². The Kier molecular flexibility index (Phi) is 4.33. The average molecular weight is 265 g/mol. The summed E-state index contributed by atoms with van der Waals surface area (Å²) in [4.78, 5) is 0.447. The first-order chi connectivity index (χ1) is 8.70. The molecule has 0 amide bonds. The lowest BCUT2D eigenvalue weighted by Gasteiger charge is -2.07. The quantitative estimate of drug-likeness (QED) is 0.853. The molecule has 0 unspecified atom stereocenters. The molecule has 0 fully saturated rings. The molecule has 1 nitrogen and oxygen atoms in total. The monoisotopic (exact) mass is 265 g/mol. The van der Waals surface area contributed by atoms with Crippen molar-refractivity contribution in [2.45, 2.75) is 17.2 Å². The summed E-state index contributed by atoms with van der Waals surface area (Å²) in [5, 5.41) is 0. The van der Waals surface area contributed by atoms with Gasteiger partial charge >= 0.3 is 0 Å². The maximum atomic E-state index is 13.5. The number of hydrogen-bond donors (Lipinski definition) is 1. The largest absolute Gasteiger partial charge is 0.326 e. The number of thioether (sulfide) groups is 1. The van der Waals surface area contributed by atoms with Crippen molar-refractivity contribution in [3.05, 3.63) is 65.2 Å². The zero-order valence-corrected chi connectivity index (χ0v) is 10.5. The molecule has 0 radical (unpaired) electrons. The topological polar surface area (TPSA) is 26.0 Å². The van der Waals surface area contributed by atoms with E-state index >= 15 is 0 Å². The third-order valence-corrected chi connectivity index (χ3v) is 3.71. The summed E-state index contributed by atoms with van der Waals surface area (Å²) < 4.78 is 26.2. The van der Waals surface area contributed by atoms with E-state index in [1.807, 2.05) is 24.3 Å². The lowest BCUT2D eigenvalue weighted by Crippen LogP contribution is -2.00. The van der Waals surface area contributed by atoms with Gasteiger partial charge in [0.1, 0.15) is 11.6 Å². The second-order valence-corrected chi connectivity index (χ2v) is 4.85. The van der Waals surface area contributed by atoms with Crippen LogP contribution in [0.2, 0.25) is 0 Å². The molecule has 0 aromatic heterocycles. The van der Waals surface area contributed by atoms with Gasteiger partial charge in [-0.3, -0.25) is 0 Å². The van der Waals surface area contributed by atoms with Gasteiger partial charge in [0.15, 0.2) is 0 Å². The third kappa shape index (κ3) is 3.09. The van der Waals surface area contributed by atoms with Crippen molar-refractivity contribution in [2.24, 2.45) is 5.73 Å². The minimum atomic E-state index is -0.556. The molecular formula is C14H13F2NS. The van der Waals surface area contributed by atoms with E-state index in [9.17, 15) is 8.78 Å². The third-order valence-electron chi connectivity index (χ3n) is 2.62. The Morgan fingerprint density at radius 1 is 1.00 bits per heavy atom. The van der Waals surface area contributed by atoms with Crippen molar-refractivity contribution in [1.82, 2.24) is 0 Å². The van der Waals surface area contributed by atoms with Gasteiger partial charge in [-0.1, -0.05) is 24.3 Å². The minimum Gasteiger partial charge on any atom is -0.326 e. The van der Waals surface area contributed by atoms with E-state index in [4.69, 9.17) is 5.73 Å². The number of halogens is 2. The Morgan fingerprint density at radius 2 is 1.72 bits per heavy atom. The maximum absolute atomic E-state index is 13.5. The molecule has 18 heavy (non-hydrogen) atoms. The van der Waals surface area contributed by atoms with E-state index in [1.165, 1.54) is 23.9 Å². The molecule has 0 aliphatic rings. The molecule has 0 atom stereocenters. The number of rotatable bonds is 4. The van der Waals surface area contributed by atoms with E-state index in [0.29, 0.717) is 17.2 Å². The Hall–Kier alpha value is -1.39. The van der Waals surface area contributed by atoms with Crippen LogP contribution in [0.3, 0.4) is 0 Å². The first kappa shape index (κ1) is 13.1. The van der Waals surface area contributed by atoms with Crippen molar-refractivity contribution in [2.75, 3.05) is 0 Å². The fraction of sp³-hybridized carbons (Fsp3) is 0.143. The Balaban J connectivity index is 2.11. The standard InChI is InChI=1S/C14H13F2NS/c15-12-5-6-14(13(16)7-12)18-9-11-4-2-1-3-10(11)8-17/h1-7H,8-9,17H2. The molecule has 0 saturated carbocycles. The molecule has 0 bridgehead atoms. The summed E-state index contributed by atoms with van der Waals surface area (Å²) in [7, 11) is 0. The maximum Gasteiger partial charge on any atom is 0.139 e. The Bertz CT molecular complexity index is 543. The Labute approximate surface area is 109 Å². The first-order valence-corrected chi connectivity index (χ1v) is 6.54. The first-order valence-electron chi connectivity index (χ1n) is 5.55. The predicted molar refractivity (Wildman–Crippen MR) is 70.3 cm³/mol. The molecule has 2 aromatic rings. The summed E-state index contributed by atoms with van der Waals surface area (Å²) >= 11 is 1.34. The SMILES string of the molecule is NCc1ccccc1CSc1ccc(F)cc1F.